The molecule has 0 bridgehead atoms. The Morgan fingerprint density at radius 3 is 3.11 bits per heavy atom. The van der Waals surface area contributed by atoms with Crippen LogP contribution < -0.4 is 0 Å². The summed E-state index contributed by atoms with van der Waals surface area (Å²) in [6, 6.07) is 7.73. The number of rotatable bonds is 4. The fourth-order valence-corrected chi connectivity index (χ4v) is 2.46. The topological polar surface area (TPSA) is 49.8 Å². The van der Waals surface area contributed by atoms with Crippen molar-refractivity contribution in [3.63, 3.8) is 0 Å². The fraction of sp³-hybridized carbons (Fsp3) is 0.500. The van der Waals surface area contributed by atoms with Crippen LogP contribution in [0.25, 0.3) is 0 Å². The molecule has 0 aliphatic carbocycles. The molecule has 0 spiro atoms. The Morgan fingerprint density at radius 2 is 2.39 bits per heavy atom. The number of aliphatic hydroxyl groups is 1. The van der Waals surface area contributed by atoms with Crippen LogP contribution in [0.2, 0.25) is 0 Å². The zero-order valence-corrected chi connectivity index (χ0v) is 10.6. The van der Waals surface area contributed by atoms with Crippen LogP contribution >= 0.6 is 0 Å². The predicted octanol–water partition coefficient (Wildman–Crippen LogP) is 1.43. The van der Waals surface area contributed by atoms with Gasteiger partial charge in [-0.15, -0.1) is 0 Å². The van der Waals surface area contributed by atoms with Crippen LogP contribution in [0.4, 0.5) is 0 Å². The zero-order valence-electron chi connectivity index (χ0n) is 10.6. The molecule has 1 aromatic rings. The van der Waals surface area contributed by atoms with E-state index in [1.54, 1.807) is 6.07 Å². The number of hydrogen-bond donors (Lipinski definition) is 1. The highest BCUT2D eigenvalue weighted by atomic mass is 16.5. The Hall–Kier alpha value is -1.39. The minimum Gasteiger partial charge on any atom is -0.465 e. The molecule has 0 amide bonds. The monoisotopic (exact) mass is 249 g/mol. The van der Waals surface area contributed by atoms with Crippen LogP contribution in [0.15, 0.2) is 24.3 Å². The number of carbonyl (C=O) groups is 1. The van der Waals surface area contributed by atoms with E-state index in [1.807, 2.05) is 18.2 Å². The lowest BCUT2D eigenvalue weighted by Gasteiger charge is -2.22. The Kier molecular flexibility index (Phi) is 4.33. The van der Waals surface area contributed by atoms with E-state index < -0.39 is 0 Å². The number of nitrogens with zero attached hydrogens (tertiary/aromatic N) is 1. The summed E-state index contributed by atoms with van der Waals surface area (Å²) < 4.78 is 4.71. The summed E-state index contributed by atoms with van der Waals surface area (Å²) in [6.45, 7) is 1.99. The molecule has 1 aliphatic rings. The molecule has 18 heavy (non-hydrogen) atoms. The molecule has 0 radical (unpaired) electrons. The van der Waals surface area contributed by atoms with Crippen LogP contribution in [0.1, 0.15) is 28.8 Å². The summed E-state index contributed by atoms with van der Waals surface area (Å²) in [4.78, 5) is 13.7. The summed E-state index contributed by atoms with van der Waals surface area (Å²) in [5.74, 6) is -0.308. The molecule has 1 aromatic carbocycles. The Labute approximate surface area is 107 Å². The second-order valence-corrected chi connectivity index (χ2v) is 4.64. The first kappa shape index (κ1) is 13.1. The number of ether oxygens (including phenoxy) is 1. The van der Waals surface area contributed by atoms with Gasteiger partial charge in [0.15, 0.2) is 0 Å². The first-order valence-electron chi connectivity index (χ1n) is 6.26. The van der Waals surface area contributed by atoms with Crippen molar-refractivity contribution in [1.82, 2.24) is 4.90 Å². The molecule has 0 saturated carbocycles. The summed E-state index contributed by atoms with van der Waals surface area (Å²) in [5.41, 5.74) is 1.66. The van der Waals surface area contributed by atoms with E-state index >= 15 is 0 Å². The molecule has 0 aromatic heterocycles. The van der Waals surface area contributed by atoms with Crippen LogP contribution in [0.5, 0.6) is 0 Å². The Bertz CT molecular complexity index is 419. The molecule has 2 rings (SSSR count). The SMILES string of the molecule is COC(=O)c1cccc(CN2CCC[C@@H]2CO)c1. The minimum atomic E-state index is -0.308. The van der Waals surface area contributed by atoms with E-state index in [2.05, 4.69) is 4.90 Å². The van der Waals surface area contributed by atoms with Gasteiger partial charge in [-0.3, -0.25) is 4.90 Å². The van der Waals surface area contributed by atoms with E-state index in [-0.39, 0.29) is 18.6 Å². The van der Waals surface area contributed by atoms with Crippen molar-refractivity contribution < 1.29 is 14.6 Å². The van der Waals surface area contributed by atoms with E-state index in [1.165, 1.54) is 7.11 Å². The number of likely N-dealkylation sites (tertiary alicyclic amines) is 1. The van der Waals surface area contributed by atoms with Crippen molar-refractivity contribution >= 4 is 5.97 Å². The summed E-state index contributed by atoms with van der Waals surface area (Å²) >= 11 is 0. The van der Waals surface area contributed by atoms with Gasteiger partial charge in [-0.25, -0.2) is 4.79 Å². The van der Waals surface area contributed by atoms with Crippen molar-refractivity contribution in [2.45, 2.75) is 25.4 Å². The van der Waals surface area contributed by atoms with Crippen LogP contribution in [-0.2, 0) is 11.3 Å². The number of benzene rings is 1. The van der Waals surface area contributed by atoms with Gasteiger partial charge in [-0.1, -0.05) is 12.1 Å². The van der Waals surface area contributed by atoms with Crippen LogP contribution in [0.3, 0.4) is 0 Å². The maximum Gasteiger partial charge on any atom is 0.337 e. The molecule has 98 valence electrons. The number of carbonyl (C=O) groups excluding carboxylic acids is 1. The first-order valence-corrected chi connectivity index (χ1v) is 6.26. The van der Waals surface area contributed by atoms with Crippen molar-refractivity contribution in [1.29, 1.82) is 0 Å². The standard InChI is InChI=1S/C14H19NO3/c1-18-14(17)12-5-2-4-11(8-12)9-15-7-3-6-13(15)10-16/h2,4-5,8,13,16H,3,6-7,9-10H2,1H3/t13-/m1/s1. The van der Waals surface area contributed by atoms with Gasteiger partial charge < -0.3 is 9.84 Å². The van der Waals surface area contributed by atoms with Gasteiger partial charge in [-0.2, -0.15) is 0 Å². The lowest BCUT2D eigenvalue weighted by Crippen LogP contribution is -2.31. The van der Waals surface area contributed by atoms with E-state index in [0.717, 1.165) is 31.5 Å². The third kappa shape index (κ3) is 2.89. The largest absolute Gasteiger partial charge is 0.465 e. The number of aliphatic hydroxyl groups excluding tert-OH is 1. The number of hydrogen-bond acceptors (Lipinski definition) is 4. The van der Waals surface area contributed by atoms with Crippen LogP contribution in [-0.4, -0.2) is 42.3 Å². The third-order valence-corrected chi connectivity index (χ3v) is 3.44. The second kappa shape index (κ2) is 5.98. The quantitative estimate of drug-likeness (QED) is 0.820. The molecule has 1 heterocycles. The van der Waals surface area contributed by atoms with Gasteiger partial charge in [-0.05, 0) is 37.1 Å². The third-order valence-electron chi connectivity index (χ3n) is 3.44. The average Bonchev–Trinajstić information content (AvgIpc) is 2.85. The molecule has 4 heteroatoms. The van der Waals surface area contributed by atoms with Crippen molar-refractivity contribution in [3.8, 4) is 0 Å². The van der Waals surface area contributed by atoms with E-state index in [4.69, 9.17) is 4.74 Å². The summed E-state index contributed by atoms with van der Waals surface area (Å²) in [5, 5.41) is 9.28. The molecule has 4 nitrogen and oxygen atoms in total. The van der Waals surface area contributed by atoms with E-state index in [0.29, 0.717) is 5.56 Å². The molecule has 1 saturated heterocycles. The zero-order chi connectivity index (χ0) is 13.0. The van der Waals surface area contributed by atoms with Gasteiger partial charge in [0.1, 0.15) is 0 Å². The smallest absolute Gasteiger partial charge is 0.337 e. The molecular weight excluding hydrogens is 230 g/mol. The predicted molar refractivity (Wildman–Crippen MR) is 68.3 cm³/mol. The van der Waals surface area contributed by atoms with Gasteiger partial charge in [0.2, 0.25) is 0 Å². The van der Waals surface area contributed by atoms with Gasteiger partial charge in [0.05, 0.1) is 19.3 Å². The van der Waals surface area contributed by atoms with Crippen molar-refractivity contribution in [2.75, 3.05) is 20.3 Å². The molecule has 1 N–H and O–H groups in total. The Balaban J connectivity index is 2.07. The molecule has 1 atom stereocenters. The Morgan fingerprint density at radius 1 is 1.56 bits per heavy atom. The molecular formula is C14H19NO3. The first-order chi connectivity index (χ1) is 8.74. The molecule has 1 aliphatic heterocycles. The van der Waals surface area contributed by atoms with E-state index in [9.17, 15) is 9.90 Å². The number of esters is 1. The lowest BCUT2D eigenvalue weighted by atomic mass is 10.1. The van der Waals surface area contributed by atoms with Crippen LogP contribution in [0, 0.1) is 0 Å². The normalized spacial score (nSPS) is 20.0. The van der Waals surface area contributed by atoms with Crippen molar-refractivity contribution in [3.05, 3.63) is 35.4 Å². The van der Waals surface area contributed by atoms with Crippen molar-refractivity contribution in [2.24, 2.45) is 0 Å². The second-order valence-electron chi connectivity index (χ2n) is 4.64. The van der Waals surface area contributed by atoms with Gasteiger partial charge in [0.25, 0.3) is 0 Å². The average molecular weight is 249 g/mol. The minimum absolute atomic E-state index is 0.205. The maximum atomic E-state index is 11.4. The summed E-state index contributed by atoms with van der Waals surface area (Å²) in [6.07, 6.45) is 2.18. The molecule has 0 unspecified atom stereocenters. The highest BCUT2D eigenvalue weighted by Gasteiger charge is 2.23. The maximum absolute atomic E-state index is 11.4. The van der Waals surface area contributed by atoms with Gasteiger partial charge >= 0.3 is 5.97 Å². The highest BCUT2D eigenvalue weighted by Crippen LogP contribution is 2.20. The van der Waals surface area contributed by atoms with Gasteiger partial charge in [0, 0.05) is 12.6 Å². The lowest BCUT2D eigenvalue weighted by molar-refractivity contribution is 0.0600. The highest BCUT2D eigenvalue weighted by molar-refractivity contribution is 5.89. The summed E-state index contributed by atoms with van der Waals surface area (Å²) in [7, 11) is 1.39. The number of methoxy groups -OCH3 is 1. The molecule has 1 fully saturated rings. The fourth-order valence-electron chi connectivity index (χ4n) is 2.46.